The Balaban J connectivity index is 1.14. The van der Waals surface area contributed by atoms with Gasteiger partial charge in [0, 0.05) is 55.8 Å². The van der Waals surface area contributed by atoms with Crippen molar-refractivity contribution in [1.82, 2.24) is 4.57 Å². The zero-order valence-electron chi connectivity index (χ0n) is 50.4. The predicted octanol–water partition coefficient (Wildman–Crippen LogP) is 19.3. The number of para-hydroxylation sites is 5. The van der Waals surface area contributed by atoms with Crippen molar-refractivity contribution >= 4 is 84.7 Å². The third-order valence-electron chi connectivity index (χ3n) is 17.2. The second-order valence-electron chi connectivity index (χ2n) is 21.8. The summed E-state index contributed by atoms with van der Waals surface area (Å²) in [7, 11) is 0. The first kappa shape index (κ1) is 45.9. The molecule has 2 aliphatic rings. The molecule has 1 aromatic heterocycles. The summed E-state index contributed by atoms with van der Waals surface area (Å²) in [5, 5.41) is 11.9. The average molecular weight is 1100 g/mol. The maximum atomic E-state index is 10.8. The van der Waals surface area contributed by atoms with Crippen LogP contribution in [0.4, 0.5) is 39.8 Å². The van der Waals surface area contributed by atoms with Gasteiger partial charge in [-0.2, -0.15) is 5.26 Å². The maximum absolute atomic E-state index is 10.8. The molecule has 6 heteroatoms. The van der Waals surface area contributed by atoms with E-state index in [9.17, 15) is 9.37 Å². The van der Waals surface area contributed by atoms with E-state index in [1.807, 2.05) is 102 Å². The first-order valence-electron chi connectivity index (χ1n) is 30.8. The molecule has 5 nitrogen and oxygen atoms in total. The molecule has 0 unspecified atom stereocenters. The monoisotopic (exact) mass is 1100 g/mol. The molecule has 0 fully saturated rings. The van der Waals surface area contributed by atoms with Crippen LogP contribution in [-0.4, -0.2) is 11.3 Å². The SMILES string of the molecule is [2H]c1c([2H])c([2H])c2c(c1[2H])c1ccccc1n2-c1cc2c3c(c1)N(c1c(-c4ccccc4)cccc1-c1ccccc1)c1ccc(-c4ccccc4[N+]#[C-])cc1B3c1cc(-c3ccccc3C#N)ccc1N2c1c(-c2ccccc2)cccc1-c1ccccc1. The molecule has 0 bridgehead atoms. The van der Waals surface area contributed by atoms with Crippen molar-refractivity contribution in [2.75, 3.05) is 9.80 Å². The molecule has 0 atom stereocenters. The van der Waals surface area contributed by atoms with E-state index < -0.39 is 6.71 Å². The van der Waals surface area contributed by atoms with Gasteiger partial charge in [0.05, 0.1) is 51.8 Å². The zero-order chi connectivity index (χ0) is 60.7. The number of hydrogen-bond donors (Lipinski definition) is 0. The van der Waals surface area contributed by atoms with E-state index in [1.165, 1.54) is 0 Å². The minimum atomic E-state index is -0.501. The third-order valence-corrected chi connectivity index (χ3v) is 17.2. The number of hydrogen-bond acceptors (Lipinski definition) is 3. The van der Waals surface area contributed by atoms with Crippen molar-refractivity contribution < 1.29 is 5.48 Å². The van der Waals surface area contributed by atoms with Gasteiger partial charge < -0.3 is 14.4 Å². The fourth-order valence-corrected chi connectivity index (χ4v) is 13.5. The van der Waals surface area contributed by atoms with Crippen molar-refractivity contribution in [3.63, 3.8) is 0 Å². The average Bonchev–Trinajstić information content (AvgIpc) is 0.922. The van der Waals surface area contributed by atoms with Gasteiger partial charge in [-0.1, -0.05) is 261 Å². The van der Waals surface area contributed by atoms with Crippen molar-refractivity contribution in [3.8, 4) is 78.5 Å². The van der Waals surface area contributed by atoms with Crippen LogP contribution in [0, 0.1) is 17.9 Å². The molecule has 0 amide bonds. The summed E-state index contributed by atoms with van der Waals surface area (Å²) in [4.78, 5) is 8.95. The second-order valence-corrected chi connectivity index (χ2v) is 21.8. The third kappa shape index (κ3) is 8.00. The van der Waals surface area contributed by atoms with E-state index in [0.717, 1.165) is 123 Å². The number of benzene rings is 13. The number of rotatable bonds is 9. The molecule has 0 aliphatic carbocycles. The molecule has 13 aromatic carbocycles. The zero-order valence-corrected chi connectivity index (χ0v) is 46.4. The van der Waals surface area contributed by atoms with Crippen LogP contribution < -0.4 is 26.2 Å². The van der Waals surface area contributed by atoms with Crippen LogP contribution in [0.2, 0.25) is 0 Å². The van der Waals surface area contributed by atoms with Gasteiger partial charge in [-0.25, -0.2) is 4.85 Å². The number of nitriles is 1. The van der Waals surface area contributed by atoms with Gasteiger partial charge in [-0.15, -0.1) is 0 Å². The van der Waals surface area contributed by atoms with E-state index in [2.05, 4.69) is 203 Å². The summed E-state index contributed by atoms with van der Waals surface area (Å²) < 4.78 is 39.9. The fourth-order valence-electron chi connectivity index (χ4n) is 13.5. The number of fused-ring (bicyclic) bond motifs is 7. The predicted molar refractivity (Wildman–Crippen MR) is 358 cm³/mol. The smallest absolute Gasteiger partial charge is 0.252 e. The Bertz CT molecular complexity index is 4970. The molecule has 86 heavy (non-hydrogen) atoms. The van der Waals surface area contributed by atoms with Crippen LogP contribution in [0.1, 0.15) is 11.0 Å². The molecule has 16 rings (SSSR count). The lowest BCUT2D eigenvalue weighted by Crippen LogP contribution is -2.61. The molecular formula is C80H50BN5. The Labute approximate surface area is 506 Å². The molecule has 0 spiro atoms. The molecule has 2 aliphatic heterocycles. The minimum Gasteiger partial charge on any atom is -0.310 e. The molecule has 0 saturated heterocycles. The van der Waals surface area contributed by atoms with E-state index in [1.54, 1.807) is 0 Å². The number of anilines is 6. The van der Waals surface area contributed by atoms with Crippen LogP contribution in [-0.2, 0) is 0 Å². The molecule has 0 saturated carbocycles. The Kier molecular flexibility index (Phi) is 11.0. The van der Waals surface area contributed by atoms with Gasteiger partial charge >= 0.3 is 0 Å². The quantitative estimate of drug-likeness (QED) is 0.107. The fraction of sp³-hybridized carbons (Fsp3) is 0. The van der Waals surface area contributed by atoms with Gasteiger partial charge in [0.1, 0.15) is 0 Å². The molecule has 0 radical (unpaired) electrons. The molecule has 0 N–H and O–H groups in total. The van der Waals surface area contributed by atoms with E-state index in [4.69, 9.17) is 7.94 Å². The van der Waals surface area contributed by atoms with E-state index in [0.29, 0.717) is 33.2 Å². The summed E-state index contributed by atoms with van der Waals surface area (Å²) in [5.74, 6) is 0. The maximum Gasteiger partial charge on any atom is 0.252 e. The number of nitrogens with zero attached hydrogens (tertiary/aromatic N) is 5. The molecule has 398 valence electrons. The lowest BCUT2D eigenvalue weighted by Gasteiger charge is -2.46. The van der Waals surface area contributed by atoms with Crippen LogP contribution in [0.25, 0.3) is 99.1 Å². The summed E-state index contributed by atoms with van der Waals surface area (Å²) in [6, 6.07) is 97.9. The van der Waals surface area contributed by atoms with E-state index in [-0.39, 0.29) is 24.2 Å². The van der Waals surface area contributed by atoms with Crippen LogP contribution in [0.15, 0.2) is 303 Å². The first-order valence-corrected chi connectivity index (χ1v) is 28.8. The normalized spacial score (nSPS) is 12.7. The van der Waals surface area contributed by atoms with E-state index >= 15 is 0 Å². The molecule has 3 heterocycles. The summed E-state index contributed by atoms with van der Waals surface area (Å²) in [6.45, 7) is 7.96. The topological polar surface area (TPSA) is 39.6 Å². The van der Waals surface area contributed by atoms with Crippen molar-refractivity contribution in [2.45, 2.75) is 0 Å². The highest BCUT2D eigenvalue weighted by Gasteiger charge is 2.46. The van der Waals surface area contributed by atoms with Gasteiger partial charge in [-0.05, 0) is 103 Å². The largest absolute Gasteiger partial charge is 0.310 e. The van der Waals surface area contributed by atoms with Crippen LogP contribution in [0.5, 0.6) is 0 Å². The van der Waals surface area contributed by atoms with Crippen molar-refractivity contribution in [2.24, 2.45) is 0 Å². The highest BCUT2D eigenvalue weighted by atomic mass is 15.2. The standard InChI is InChI=1S/C80H50BN5/c1-83-71-41-19-16-34-62(71)58-45-47-75-70(49-58)81-69-48-57(61-33-15-14-32-59(61)52-82)44-46-74(69)85(79-63(53-24-6-2-7-25-53)37-22-38-64(79)54-26-8-3-9-27-54)76-50-60(84-72-42-20-17-35-67(72)68-36-18-21-43-73(68)84)51-77(78(76)81)86(75)80-65(55-28-10-4-11-29-55)39-23-40-66(80)56-30-12-5-13-31-56/h2-51H/i17D,20D,35D,42D. The van der Waals surface area contributed by atoms with Crippen LogP contribution in [0.3, 0.4) is 0 Å². The number of aromatic nitrogens is 1. The van der Waals surface area contributed by atoms with Gasteiger partial charge in [-0.3, -0.25) is 0 Å². The van der Waals surface area contributed by atoms with Crippen molar-refractivity contribution in [3.05, 3.63) is 320 Å². The lowest BCUT2D eigenvalue weighted by molar-refractivity contribution is 1.16. The van der Waals surface area contributed by atoms with Gasteiger partial charge in [0.25, 0.3) is 6.71 Å². The summed E-state index contributed by atoms with van der Waals surface area (Å²) in [6.07, 6.45) is 0. The second kappa shape index (κ2) is 20.6. The highest BCUT2D eigenvalue weighted by molar-refractivity contribution is 7.00. The Morgan fingerprint density at radius 1 is 0.384 bits per heavy atom. The Morgan fingerprint density at radius 3 is 1.35 bits per heavy atom. The van der Waals surface area contributed by atoms with Gasteiger partial charge in [0.15, 0.2) is 5.69 Å². The first-order chi connectivity index (χ1) is 44.3. The van der Waals surface area contributed by atoms with Gasteiger partial charge in [0.2, 0.25) is 0 Å². The minimum absolute atomic E-state index is 0.107. The summed E-state index contributed by atoms with van der Waals surface area (Å²) in [5.41, 5.74) is 22.5. The highest BCUT2D eigenvalue weighted by Crippen LogP contribution is 2.54. The van der Waals surface area contributed by atoms with Crippen LogP contribution >= 0.6 is 0 Å². The molecular weight excluding hydrogens is 1040 g/mol. The molecule has 14 aromatic rings. The summed E-state index contributed by atoms with van der Waals surface area (Å²) >= 11 is 0. The Hall–Kier alpha value is -11.7. The van der Waals surface area contributed by atoms with Crippen molar-refractivity contribution in [1.29, 1.82) is 5.26 Å². The Morgan fingerprint density at radius 2 is 0.826 bits per heavy atom. The lowest BCUT2D eigenvalue weighted by atomic mass is 9.33.